The van der Waals surface area contributed by atoms with Gasteiger partial charge in [0.25, 0.3) is 15.9 Å². The van der Waals surface area contributed by atoms with Gasteiger partial charge >= 0.3 is 5.97 Å². The van der Waals surface area contributed by atoms with Crippen LogP contribution in [0.5, 0.6) is 0 Å². The number of amides is 2. The number of nitrogens with zero attached hydrogens (tertiary/aromatic N) is 3. The minimum Gasteiger partial charge on any atom is -0.480 e. The molecule has 2 N–H and O–H groups in total. The molecule has 2 heterocycles. The highest BCUT2D eigenvalue weighted by molar-refractivity contribution is 7.92. The van der Waals surface area contributed by atoms with Crippen LogP contribution in [0.3, 0.4) is 0 Å². The molecule has 1 aliphatic heterocycles. The van der Waals surface area contributed by atoms with Crippen LogP contribution in [0.2, 0.25) is 10.0 Å². The number of rotatable bonds is 7. The van der Waals surface area contributed by atoms with E-state index in [1.54, 1.807) is 23.9 Å². The van der Waals surface area contributed by atoms with E-state index in [4.69, 9.17) is 23.2 Å². The lowest BCUT2D eigenvalue weighted by Crippen LogP contribution is -2.44. The summed E-state index contributed by atoms with van der Waals surface area (Å²) in [6.45, 7) is -0.409. The normalized spacial score (nSPS) is 15.7. The van der Waals surface area contributed by atoms with Crippen molar-refractivity contribution in [2.45, 2.75) is 23.8 Å². The third-order valence-corrected chi connectivity index (χ3v) is 8.45. The number of carboxylic acids is 1. The summed E-state index contributed by atoms with van der Waals surface area (Å²) in [4.78, 5) is 38.6. The van der Waals surface area contributed by atoms with Gasteiger partial charge in [0.2, 0.25) is 5.91 Å². The van der Waals surface area contributed by atoms with Gasteiger partial charge in [-0.25, -0.2) is 8.42 Å². The summed E-state index contributed by atoms with van der Waals surface area (Å²) in [5.74, 6) is -1.91. The average Bonchev–Trinajstić information content (AvgIpc) is 3.46. The maximum Gasteiger partial charge on any atom is 0.324 e. The number of aryl methyl sites for hydroxylation is 1. The third-order valence-electron chi connectivity index (χ3n) is 6.26. The first kappa shape index (κ1) is 26.8. The SMILES string of the molecule is CNC(=O)C1CCCN1C(=O)c1cn(C)c2cc(N(CC(=O)O)S(=O)(=O)c3cc(Cl)cc(Cl)c3)ccc12. The number of carboxylic acid groups (broad SMARTS) is 1. The second kappa shape index (κ2) is 10.2. The number of carbonyl (C=O) groups excluding carboxylic acids is 2. The fourth-order valence-electron chi connectivity index (χ4n) is 4.54. The summed E-state index contributed by atoms with van der Waals surface area (Å²) in [6.07, 6.45) is 2.88. The Morgan fingerprint density at radius 1 is 1.14 bits per heavy atom. The first-order valence-corrected chi connectivity index (χ1v) is 13.5. The van der Waals surface area contributed by atoms with E-state index in [1.807, 2.05) is 0 Å². The maximum absolute atomic E-state index is 13.4. The van der Waals surface area contributed by atoms with Gasteiger partial charge in [-0.15, -0.1) is 0 Å². The molecule has 1 atom stereocenters. The Kier molecular flexibility index (Phi) is 7.40. The van der Waals surface area contributed by atoms with Gasteiger partial charge in [0.05, 0.1) is 21.7 Å². The highest BCUT2D eigenvalue weighted by Gasteiger charge is 2.35. The van der Waals surface area contributed by atoms with Crippen molar-refractivity contribution >= 4 is 67.6 Å². The van der Waals surface area contributed by atoms with Crippen molar-refractivity contribution in [3.63, 3.8) is 0 Å². The van der Waals surface area contributed by atoms with Crippen LogP contribution in [0, 0.1) is 0 Å². The van der Waals surface area contributed by atoms with Crippen LogP contribution < -0.4 is 9.62 Å². The van der Waals surface area contributed by atoms with Gasteiger partial charge in [0.1, 0.15) is 12.6 Å². The van der Waals surface area contributed by atoms with E-state index >= 15 is 0 Å². The van der Waals surface area contributed by atoms with Crippen LogP contribution >= 0.6 is 23.2 Å². The van der Waals surface area contributed by atoms with E-state index in [-0.39, 0.29) is 32.4 Å². The third kappa shape index (κ3) is 5.11. The fraction of sp³-hybridized carbons (Fsp3) is 0.292. The Morgan fingerprint density at radius 3 is 2.43 bits per heavy atom. The van der Waals surface area contributed by atoms with Crippen molar-refractivity contribution in [3.05, 3.63) is 58.2 Å². The molecule has 13 heteroatoms. The Hall–Kier alpha value is -3.28. The number of sulfonamides is 1. The molecule has 0 spiro atoms. The Labute approximate surface area is 223 Å². The fourth-order valence-corrected chi connectivity index (χ4v) is 6.68. The quantitative estimate of drug-likeness (QED) is 0.452. The lowest BCUT2D eigenvalue weighted by molar-refractivity contribution is -0.135. The predicted octanol–water partition coefficient (Wildman–Crippen LogP) is 3.12. The number of benzene rings is 2. The number of aliphatic carboxylic acids is 1. The summed E-state index contributed by atoms with van der Waals surface area (Å²) in [7, 11) is -1.15. The zero-order chi connectivity index (χ0) is 27.1. The minimum atomic E-state index is -4.36. The summed E-state index contributed by atoms with van der Waals surface area (Å²) < 4.78 is 29.3. The molecule has 1 saturated heterocycles. The van der Waals surface area contributed by atoms with Crippen LogP contribution in [0.15, 0.2) is 47.5 Å². The standard InChI is InChI=1S/C24H24Cl2N4O6S/c1-27-23(33)20-4-3-7-29(20)24(34)19-12-28(2)21-11-16(5-6-18(19)21)30(13-22(31)32)37(35,36)17-9-14(25)8-15(26)10-17/h5-6,8-12,20H,3-4,7,13H2,1-2H3,(H,27,33)(H,31,32). The molecule has 10 nitrogen and oxygen atoms in total. The molecule has 1 unspecified atom stereocenters. The monoisotopic (exact) mass is 566 g/mol. The number of hydrogen-bond acceptors (Lipinski definition) is 5. The van der Waals surface area contributed by atoms with E-state index in [1.165, 1.54) is 42.3 Å². The molecule has 4 rings (SSSR count). The molecule has 2 amide bonds. The maximum atomic E-state index is 13.4. The molecular weight excluding hydrogens is 543 g/mol. The zero-order valence-corrected chi connectivity index (χ0v) is 22.3. The highest BCUT2D eigenvalue weighted by Crippen LogP contribution is 2.32. The lowest BCUT2D eigenvalue weighted by Gasteiger charge is -2.24. The second-order valence-corrected chi connectivity index (χ2v) is 11.4. The summed E-state index contributed by atoms with van der Waals surface area (Å²) in [5.41, 5.74) is 0.941. The van der Waals surface area contributed by atoms with Gasteiger partial charge in [-0.05, 0) is 49.2 Å². The number of anilines is 1. The van der Waals surface area contributed by atoms with Crippen molar-refractivity contribution < 1.29 is 27.9 Å². The van der Waals surface area contributed by atoms with Crippen LogP contribution in [0.25, 0.3) is 10.9 Å². The Bertz CT molecular complexity index is 1500. The van der Waals surface area contributed by atoms with Crippen molar-refractivity contribution in [1.29, 1.82) is 0 Å². The molecule has 0 bridgehead atoms. The number of hydrogen-bond donors (Lipinski definition) is 2. The van der Waals surface area contributed by atoms with Crippen LogP contribution in [0.4, 0.5) is 5.69 Å². The van der Waals surface area contributed by atoms with E-state index in [0.29, 0.717) is 35.9 Å². The number of fused-ring (bicyclic) bond motifs is 1. The molecule has 37 heavy (non-hydrogen) atoms. The van der Waals surface area contributed by atoms with Crippen LogP contribution in [-0.4, -0.2) is 67.0 Å². The molecule has 1 aliphatic rings. The van der Waals surface area contributed by atoms with Crippen LogP contribution in [0.1, 0.15) is 23.2 Å². The number of carbonyl (C=O) groups is 3. The summed E-state index contributed by atoms with van der Waals surface area (Å²) >= 11 is 12.0. The summed E-state index contributed by atoms with van der Waals surface area (Å²) in [5, 5.41) is 12.8. The van der Waals surface area contributed by atoms with Crippen molar-refractivity contribution in [3.8, 4) is 0 Å². The lowest BCUT2D eigenvalue weighted by atomic mass is 10.1. The Morgan fingerprint density at radius 2 is 1.81 bits per heavy atom. The van der Waals surface area contributed by atoms with Gasteiger partial charge in [0.15, 0.2) is 0 Å². The number of aromatic nitrogens is 1. The van der Waals surface area contributed by atoms with Crippen molar-refractivity contribution in [1.82, 2.24) is 14.8 Å². The molecule has 1 aromatic heterocycles. The average molecular weight is 567 g/mol. The van der Waals surface area contributed by atoms with E-state index in [2.05, 4.69) is 5.32 Å². The number of nitrogens with one attached hydrogen (secondary N) is 1. The number of likely N-dealkylation sites (tertiary alicyclic amines) is 1. The van der Waals surface area contributed by atoms with Crippen molar-refractivity contribution in [2.75, 3.05) is 24.4 Å². The molecule has 0 aliphatic carbocycles. The molecule has 0 radical (unpaired) electrons. The highest BCUT2D eigenvalue weighted by atomic mass is 35.5. The molecule has 1 fully saturated rings. The zero-order valence-electron chi connectivity index (χ0n) is 19.9. The van der Waals surface area contributed by atoms with Crippen molar-refractivity contribution in [2.24, 2.45) is 7.05 Å². The topological polar surface area (TPSA) is 129 Å². The van der Waals surface area contributed by atoms with Gasteiger partial charge in [-0.1, -0.05) is 23.2 Å². The predicted molar refractivity (Wildman–Crippen MR) is 140 cm³/mol. The van der Waals surface area contributed by atoms with Crippen LogP contribution in [-0.2, 0) is 26.7 Å². The van der Waals surface area contributed by atoms with E-state index in [0.717, 1.165) is 4.31 Å². The molecule has 2 aromatic carbocycles. The largest absolute Gasteiger partial charge is 0.480 e. The minimum absolute atomic E-state index is 0.0793. The molecular formula is C24H24Cl2N4O6S. The van der Waals surface area contributed by atoms with Gasteiger partial charge in [0, 0.05) is 42.3 Å². The molecule has 0 saturated carbocycles. The van der Waals surface area contributed by atoms with Gasteiger partial charge in [-0.2, -0.15) is 0 Å². The first-order chi connectivity index (χ1) is 17.4. The number of likely N-dealkylation sites (N-methyl/N-ethyl adjacent to an activating group) is 1. The molecule has 196 valence electrons. The number of halogens is 2. The second-order valence-electron chi connectivity index (χ2n) is 8.64. The van der Waals surface area contributed by atoms with E-state index in [9.17, 15) is 27.9 Å². The van der Waals surface area contributed by atoms with E-state index < -0.39 is 28.6 Å². The summed E-state index contributed by atoms with van der Waals surface area (Å²) in [6, 6.07) is 7.69. The molecule has 3 aromatic rings. The Balaban J connectivity index is 1.77. The van der Waals surface area contributed by atoms with Gasteiger partial charge in [-0.3, -0.25) is 18.7 Å². The first-order valence-electron chi connectivity index (χ1n) is 11.3. The van der Waals surface area contributed by atoms with Gasteiger partial charge < -0.3 is 19.9 Å². The smallest absolute Gasteiger partial charge is 0.324 e.